The van der Waals surface area contributed by atoms with Crippen molar-refractivity contribution in [1.82, 2.24) is 14.5 Å². The molecule has 0 spiro atoms. The summed E-state index contributed by atoms with van der Waals surface area (Å²) >= 11 is 1.78. The average molecular weight is 610 g/mol. The fraction of sp³-hybridized carbons (Fsp3) is 0. The van der Waals surface area contributed by atoms with Crippen LogP contribution >= 0.6 is 11.3 Å². The molecule has 0 saturated heterocycles. The molecule has 0 fully saturated rings. The fourth-order valence-electron chi connectivity index (χ4n) is 7.17. The van der Waals surface area contributed by atoms with E-state index in [2.05, 4.69) is 162 Å². The van der Waals surface area contributed by atoms with Gasteiger partial charge < -0.3 is 0 Å². The van der Waals surface area contributed by atoms with E-state index in [1.807, 2.05) is 0 Å². The highest BCUT2D eigenvalue weighted by atomic mass is 32.1. The normalized spacial score (nSPS) is 12.0. The summed E-state index contributed by atoms with van der Waals surface area (Å²) in [6.07, 6.45) is 1.73. The first kappa shape index (κ1) is 26.1. The predicted octanol–water partition coefficient (Wildman–Crippen LogP) is 7.32. The Hall–Kier alpha value is -5.36. The van der Waals surface area contributed by atoms with Gasteiger partial charge in [-0.25, -0.2) is 9.97 Å². The molecule has 9 rings (SSSR count). The minimum Gasteiger partial charge on any atom is -0.292 e. The molecule has 0 aliphatic rings. The number of hydrogen-bond donors (Lipinski definition) is 0. The van der Waals surface area contributed by atoms with E-state index in [0.717, 1.165) is 27.1 Å². The van der Waals surface area contributed by atoms with Gasteiger partial charge in [0.25, 0.3) is 0 Å². The molecule has 6 aromatic carbocycles. The number of thiophene rings is 1. The summed E-state index contributed by atoms with van der Waals surface area (Å²) in [7, 11) is -2.66. The maximum Gasteiger partial charge on any atom is 0.179 e. The molecule has 0 aliphatic carbocycles. The van der Waals surface area contributed by atoms with Gasteiger partial charge in [0.1, 0.15) is 6.33 Å². The Morgan fingerprint density at radius 1 is 0.467 bits per heavy atom. The van der Waals surface area contributed by atoms with Crippen LogP contribution in [-0.4, -0.2) is 22.6 Å². The third kappa shape index (κ3) is 3.88. The molecule has 212 valence electrons. The second-order valence-corrected chi connectivity index (χ2v) is 16.3. The van der Waals surface area contributed by atoms with Crippen molar-refractivity contribution in [1.29, 1.82) is 0 Å². The van der Waals surface area contributed by atoms with E-state index in [4.69, 9.17) is 9.97 Å². The number of fused-ring (bicyclic) bond motifs is 6. The Morgan fingerprint density at radius 2 is 0.978 bits per heavy atom. The van der Waals surface area contributed by atoms with Crippen LogP contribution in [0.4, 0.5) is 0 Å². The molecule has 0 amide bonds. The molecule has 0 bridgehead atoms. The number of benzene rings is 6. The lowest BCUT2D eigenvalue weighted by atomic mass is 10.2. The molecule has 3 aromatic heterocycles. The molecule has 0 atom stereocenters. The van der Waals surface area contributed by atoms with Gasteiger partial charge in [0.2, 0.25) is 0 Å². The van der Waals surface area contributed by atoms with Crippen molar-refractivity contribution in [2.24, 2.45) is 0 Å². The van der Waals surface area contributed by atoms with Crippen molar-refractivity contribution >= 4 is 82.3 Å². The third-order valence-corrected chi connectivity index (χ3v) is 15.0. The smallest absolute Gasteiger partial charge is 0.179 e. The van der Waals surface area contributed by atoms with Gasteiger partial charge >= 0.3 is 0 Å². The Kier molecular flexibility index (Phi) is 6.01. The van der Waals surface area contributed by atoms with Gasteiger partial charge in [0, 0.05) is 20.9 Å². The molecule has 3 heterocycles. The highest BCUT2D eigenvalue weighted by Gasteiger charge is 2.41. The van der Waals surface area contributed by atoms with Crippen LogP contribution in [0.15, 0.2) is 164 Å². The average Bonchev–Trinajstić information content (AvgIpc) is 3.66. The molecular weight excluding hydrogens is 583 g/mol. The monoisotopic (exact) mass is 609 g/mol. The molecule has 0 radical (unpaired) electrons. The van der Waals surface area contributed by atoms with Crippen molar-refractivity contribution in [3.63, 3.8) is 0 Å². The van der Waals surface area contributed by atoms with Crippen molar-refractivity contribution in [3.05, 3.63) is 164 Å². The Morgan fingerprint density at radius 3 is 1.53 bits per heavy atom. The first-order valence-electron chi connectivity index (χ1n) is 15.2. The van der Waals surface area contributed by atoms with Crippen LogP contribution in [-0.2, 0) is 0 Å². The zero-order valence-corrected chi connectivity index (χ0v) is 26.2. The maximum absolute atomic E-state index is 4.94. The predicted molar refractivity (Wildman–Crippen MR) is 193 cm³/mol. The van der Waals surface area contributed by atoms with Gasteiger partial charge in [0.15, 0.2) is 13.9 Å². The third-order valence-electron chi connectivity index (χ3n) is 9.08. The summed E-state index contributed by atoms with van der Waals surface area (Å²) < 4.78 is 4.62. The van der Waals surface area contributed by atoms with E-state index in [9.17, 15) is 0 Å². The van der Waals surface area contributed by atoms with Gasteiger partial charge in [-0.1, -0.05) is 140 Å². The first-order valence-corrected chi connectivity index (χ1v) is 18.0. The summed E-state index contributed by atoms with van der Waals surface area (Å²) in [5.74, 6) is 0.929. The van der Waals surface area contributed by atoms with Crippen molar-refractivity contribution in [3.8, 4) is 5.82 Å². The molecule has 0 saturated carbocycles. The minimum atomic E-state index is -2.66. The topological polar surface area (TPSA) is 30.7 Å². The van der Waals surface area contributed by atoms with Gasteiger partial charge in [-0.3, -0.25) is 4.57 Å². The molecule has 45 heavy (non-hydrogen) atoms. The molecule has 0 unspecified atom stereocenters. The van der Waals surface area contributed by atoms with E-state index < -0.39 is 8.07 Å². The van der Waals surface area contributed by atoms with Crippen LogP contribution in [0.25, 0.3) is 47.9 Å². The summed E-state index contributed by atoms with van der Waals surface area (Å²) in [6, 6.07) is 57.5. The Bertz CT molecular complexity index is 2340. The van der Waals surface area contributed by atoms with Crippen molar-refractivity contribution < 1.29 is 0 Å². The van der Waals surface area contributed by atoms with Gasteiger partial charge in [-0.05, 0) is 38.9 Å². The second kappa shape index (κ2) is 10.4. The zero-order valence-electron chi connectivity index (χ0n) is 24.3. The van der Waals surface area contributed by atoms with Crippen LogP contribution in [0.3, 0.4) is 0 Å². The number of aromatic nitrogens is 3. The Balaban J connectivity index is 1.35. The van der Waals surface area contributed by atoms with E-state index in [0.29, 0.717) is 0 Å². The standard InChI is InChI=1S/C40H27N3SSi/c1-4-14-28(15-5-1)45(29-16-6-2-7-17-29,30-18-8-3-9-19-30)31-24-25-37-34(26-31)38-39(44-37)40(42-27-41-38)43-35-22-12-10-20-32(35)33-21-11-13-23-36(33)43/h1-27H. The molecule has 0 N–H and O–H groups in total. The van der Waals surface area contributed by atoms with E-state index in [1.165, 1.54) is 41.6 Å². The van der Waals surface area contributed by atoms with Crippen LogP contribution in [0.2, 0.25) is 0 Å². The summed E-state index contributed by atoms with van der Waals surface area (Å²) in [5.41, 5.74) is 3.31. The lowest BCUT2D eigenvalue weighted by Gasteiger charge is -2.34. The summed E-state index contributed by atoms with van der Waals surface area (Å²) in [4.78, 5) is 9.87. The van der Waals surface area contributed by atoms with E-state index in [-0.39, 0.29) is 0 Å². The van der Waals surface area contributed by atoms with Crippen LogP contribution in [0.1, 0.15) is 0 Å². The van der Waals surface area contributed by atoms with E-state index >= 15 is 0 Å². The molecule has 9 aromatic rings. The summed E-state index contributed by atoms with van der Waals surface area (Å²) in [6.45, 7) is 0. The van der Waals surface area contributed by atoms with E-state index in [1.54, 1.807) is 17.7 Å². The fourth-order valence-corrected chi connectivity index (χ4v) is 13.1. The van der Waals surface area contributed by atoms with Gasteiger partial charge in [-0.15, -0.1) is 11.3 Å². The first-order chi connectivity index (χ1) is 22.3. The zero-order chi connectivity index (χ0) is 29.8. The lowest BCUT2D eigenvalue weighted by Crippen LogP contribution is -2.74. The minimum absolute atomic E-state index is 0.929. The molecule has 5 heteroatoms. The number of rotatable bonds is 5. The maximum atomic E-state index is 4.94. The second-order valence-electron chi connectivity index (χ2n) is 11.4. The molecular formula is C40H27N3SSi. The quantitative estimate of drug-likeness (QED) is 0.151. The van der Waals surface area contributed by atoms with Crippen LogP contribution < -0.4 is 20.7 Å². The SMILES string of the molecule is c1ccc([Si](c2ccccc2)(c2ccccc2)c2ccc3sc4c(-n5c6ccccc6c6ccccc65)ncnc4c3c2)cc1. The highest BCUT2D eigenvalue weighted by molar-refractivity contribution is 7.26. The van der Waals surface area contributed by atoms with Crippen molar-refractivity contribution in [2.45, 2.75) is 0 Å². The lowest BCUT2D eigenvalue weighted by molar-refractivity contribution is 1.08. The number of para-hydroxylation sites is 2. The van der Waals surface area contributed by atoms with Gasteiger partial charge in [0.05, 0.1) is 21.3 Å². The van der Waals surface area contributed by atoms with Crippen LogP contribution in [0, 0.1) is 0 Å². The molecule has 3 nitrogen and oxygen atoms in total. The number of nitrogens with zero attached hydrogens (tertiary/aromatic N) is 3. The van der Waals surface area contributed by atoms with Crippen molar-refractivity contribution in [2.75, 3.05) is 0 Å². The van der Waals surface area contributed by atoms with Gasteiger partial charge in [-0.2, -0.15) is 0 Å². The molecule has 0 aliphatic heterocycles. The highest BCUT2D eigenvalue weighted by Crippen LogP contribution is 2.38. The number of hydrogen-bond acceptors (Lipinski definition) is 3. The summed E-state index contributed by atoms with van der Waals surface area (Å²) in [5, 5.41) is 9.07. The largest absolute Gasteiger partial charge is 0.292 e. The van der Waals surface area contributed by atoms with Crippen LogP contribution in [0.5, 0.6) is 0 Å². The Labute approximate surface area is 265 Å².